The van der Waals surface area contributed by atoms with Crippen LogP contribution >= 0.6 is 0 Å². The monoisotopic (exact) mass is 304 g/mol. The molecule has 4 amide bonds. The molecule has 22 heavy (non-hydrogen) atoms. The Kier molecular flexibility index (Phi) is 4.65. The van der Waals surface area contributed by atoms with Crippen molar-refractivity contribution < 1.29 is 14.4 Å². The van der Waals surface area contributed by atoms with Gasteiger partial charge >= 0.3 is 6.03 Å². The molecule has 2 rings (SSSR count). The Morgan fingerprint density at radius 2 is 1.68 bits per heavy atom. The van der Waals surface area contributed by atoms with Crippen LogP contribution in [0, 0.1) is 5.92 Å². The number of rotatable bonds is 6. The maximum absolute atomic E-state index is 11.8. The van der Waals surface area contributed by atoms with E-state index in [9.17, 15) is 14.4 Å². The molecule has 1 aromatic rings. The third-order valence-corrected chi connectivity index (χ3v) is 3.91. The minimum absolute atomic E-state index is 0.0911. The lowest BCUT2D eigenvalue weighted by Crippen LogP contribution is -2.56. The molecule has 1 saturated carbocycles. The van der Waals surface area contributed by atoms with Gasteiger partial charge in [-0.1, -0.05) is 30.3 Å². The molecule has 0 spiro atoms. The summed E-state index contributed by atoms with van der Waals surface area (Å²) in [5, 5.41) is 4.90. The van der Waals surface area contributed by atoms with Gasteiger partial charge in [0.1, 0.15) is 0 Å². The molecule has 7 nitrogen and oxygen atoms in total. The van der Waals surface area contributed by atoms with Crippen LogP contribution in [0.4, 0.5) is 4.79 Å². The van der Waals surface area contributed by atoms with Gasteiger partial charge in [-0.25, -0.2) is 4.79 Å². The predicted molar refractivity (Wildman–Crippen MR) is 80.6 cm³/mol. The molecule has 0 aromatic heterocycles. The zero-order valence-corrected chi connectivity index (χ0v) is 12.3. The van der Waals surface area contributed by atoms with E-state index in [2.05, 4.69) is 22.8 Å². The Hall–Kier alpha value is -2.57. The zero-order chi connectivity index (χ0) is 16.3. The highest BCUT2D eigenvalue weighted by Gasteiger charge is 2.42. The van der Waals surface area contributed by atoms with E-state index in [4.69, 9.17) is 11.5 Å². The van der Waals surface area contributed by atoms with E-state index in [1.165, 1.54) is 5.56 Å². The van der Waals surface area contributed by atoms with Crippen LogP contribution in [0.15, 0.2) is 30.3 Å². The Balaban J connectivity index is 1.85. The third-order valence-electron chi connectivity index (χ3n) is 3.91. The van der Waals surface area contributed by atoms with Gasteiger partial charge in [0.25, 0.3) is 0 Å². The van der Waals surface area contributed by atoms with E-state index in [-0.39, 0.29) is 6.04 Å². The topological polar surface area (TPSA) is 127 Å². The number of hydrogen-bond donors (Lipinski definition) is 4. The molecule has 0 aliphatic heterocycles. The summed E-state index contributed by atoms with van der Waals surface area (Å²) < 4.78 is 0. The Labute approximate surface area is 128 Å². The molecule has 0 radical (unpaired) electrons. The summed E-state index contributed by atoms with van der Waals surface area (Å²) in [6.07, 6.45) is 0.987. The van der Waals surface area contributed by atoms with Crippen LogP contribution in [0.2, 0.25) is 0 Å². The minimum atomic E-state index is -1.50. The summed E-state index contributed by atoms with van der Waals surface area (Å²) in [5.41, 5.74) is 11.3. The highest BCUT2D eigenvalue weighted by atomic mass is 16.2. The molecule has 118 valence electrons. The number of primary amides is 2. The number of hydrogen-bond acceptors (Lipinski definition) is 3. The molecule has 7 heteroatoms. The fourth-order valence-corrected chi connectivity index (χ4v) is 2.62. The number of amides is 4. The lowest BCUT2D eigenvalue weighted by Gasteiger charge is -2.17. The van der Waals surface area contributed by atoms with Crippen molar-refractivity contribution in [2.24, 2.45) is 17.4 Å². The first-order valence-electron chi connectivity index (χ1n) is 7.10. The van der Waals surface area contributed by atoms with Crippen LogP contribution in [0.1, 0.15) is 24.8 Å². The molecular formula is C15H20N4O3. The van der Waals surface area contributed by atoms with Gasteiger partial charge in [0.05, 0.1) is 0 Å². The molecule has 0 heterocycles. The molecule has 0 saturated heterocycles. The van der Waals surface area contributed by atoms with Gasteiger partial charge in [-0.2, -0.15) is 0 Å². The van der Waals surface area contributed by atoms with Gasteiger partial charge in [0, 0.05) is 6.04 Å². The maximum Gasteiger partial charge on any atom is 0.316 e. The number of urea groups is 1. The van der Waals surface area contributed by atoms with E-state index < -0.39 is 23.9 Å². The number of benzene rings is 1. The first kappa shape index (κ1) is 15.8. The van der Waals surface area contributed by atoms with Crippen molar-refractivity contribution in [1.82, 2.24) is 10.6 Å². The normalized spacial score (nSPS) is 21.0. The average molecular weight is 304 g/mol. The van der Waals surface area contributed by atoms with Crippen molar-refractivity contribution in [3.8, 4) is 0 Å². The SMILES string of the molecule is C[C@H](NC(=O)NC(C(N)=O)C(N)=O)[C@@H]1C[C@H]1c1ccccc1. The van der Waals surface area contributed by atoms with Crippen molar-refractivity contribution in [3.05, 3.63) is 35.9 Å². The molecular weight excluding hydrogens is 284 g/mol. The molecule has 3 atom stereocenters. The van der Waals surface area contributed by atoms with Gasteiger partial charge in [0.2, 0.25) is 11.8 Å². The first-order chi connectivity index (χ1) is 10.4. The molecule has 1 aliphatic rings. The zero-order valence-electron chi connectivity index (χ0n) is 12.3. The van der Waals surface area contributed by atoms with Crippen molar-refractivity contribution in [2.45, 2.75) is 31.3 Å². The molecule has 0 bridgehead atoms. The number of nitrogens with one attached hydrogen (secondary N) is 2. The molecule has 1 aromatic carbocycles. The van der Waals surface area contributed by atoms with E-state index >= 15 is 0 Å². The van der Waals surface area contributed by atoms with Gasteiger partial charge < -0.3 is 22.1 Å². The average Bonchev–Trinajstić information content (AvgIpc) is 3.25. The fourth-order valence-electron chi connectivity index (χ4n) is 2.62. The third kappa shape index (κ3) is 3.75. The summed E-state index contributed by atoms with van der Waals surface area (Å²) in [6.45, 7) is 1.89. The molecule has 1 fully saturated rings. The van der Waals surface area contributed by atoms with Gasteiger partial charge in [-0.15, -0.1) is 0 Å². The summed E-state index contributed by atoms with van der Waals surface area (Å²) in [5.74, 6) is -1.22. The largest absolute Gasteiger partial charge is 0.367 e. The Bertz CT molecular complexity index is 561. The van der Waals surface area contributed by atoms with Crippen LogP contribution in [0.5, 0.6) is 0 Å². The van der Waals surface area contributed by atoms with Crippen molar-refractivity contribution in [2.75, 3.05) is 0 Å². The molecule has 0 unspecified atom stereocenters. The number of nitrogens with two attached hydrogens (primary N) is 2. The predicted octanol–water partition coefficient (Wildman–Crippen LogP) is -0.183. The second-order valence-electron chi connectivity index (χ2n) is 5.56. The standard InChI is InChI=1S/C15H20N4O3/c1-8(10-7-11(10)9-5-3-2-4-6-9)18-15(22)19-12(13(16)20)14(17)21/h2-6,8,10-12H,7H2,1H3,(H2,16,20)(H2,17,21)(H2,18,19,22)/t8-,10-,11-/m0/s1. The smallest absolute Gasteiger partial charge is 0.316 e. The highest BCUT2D eigenvalue weighted by molar-refractivity contribution is 6.05. The van der Waals surface area contributed by atoms with Gasteiger partial charge in [-0.05, 0) is 30.7 Å². The van der Waals surface area contributed by atoms with Crippen LogP contribution in [0.3, 0.4) is 0 Å². The summed E-state index contributed by atoms with van der Waals surface area (Å²) in [7, 11) is 0. The van der Waals surface area contributed by atoms with Gasteiger partial charge in [-0.3, -0.25) is 9.59 Å². The van der Waals surface area contributed by atoms with Crippen LogP contribution in [0.25, 0.3) is 0 Å². The second kappa shape index (κ2) is 6.46. The van der Waals surface area contributed by atoms with Crippen molar-refractivity contribution in [1.29, 1.82) is 0 Å². The van der Waals surface area contributed by atoms with Crippen LogP contribution in [-0.2, 0) is 9.59 Å². The Morgan fingerprint density at radius 1 is 1.09 bits per heavy atom. The van der Waals surface area contributed by atoms with Crippen molar-refractivity contribution >= 4 is 17.8 Å². The second-order valence-corrected chi connectivity index (χ2v) is 5.56. The lowest BCUT2D eigenvalue weighted by atomic mass is 10.1. The van der Waals surface area contributed by atoms with E-state index in [0.717, 1.165) is 6.42 Å². The maximum atomic E-state index is 11.8. The quantitative estimate of drug-likeness (QED) is 0.544. The summed E-state index contributed by atoms with van der Waals surface area (Å²) in [4.78, 5) is 33.9. The van der Waals surface area contributed by atoms with Crippen LogP contribution in [-0.4, -0.2) is 29.9 Å². The Morgan fingerprint density at radius 3 is 2.23 bits per heavy atom. The van der Waals surface area contributed by atoms with Crippen LogP contribution < -0.4 is 22.1 Å². The van der Waals surface area contributed by atoms with Gasteiger partial charge in [0.15, 0.2) is 6.04 Å². The fraction of sp³-hybridized carbons (Fsp3) is 0.400. The summed E-state index contributed by atoms with van der Waals surface area (Å²) >= 11 is 0. The number of carbonyl (C=O) groups excluding carboxylic acids is 3. The number of carbonyl (C=O) groups is 3. The van der Waals surface area contributed by atoms with E-state index in [0.29, 0.717) is 11.8 Å². The molecule has 1 aliphatic carbocycles. The van der Waals surface area contributed by atoms with E-state index in [1.807, 2.05) is 25.1 Å². The molecule has 6 N–H and O–H groups in total. The highest BCUT2D eigenvalue weighted by Crippen LogP contribution is 2.49. The first-order valence-corrected chi connectivity index (χ1v) is 7.10. The lowest BCUT2D eigenvalue weighted by molar-refractivity contribution is -0.128. The van der Waals surface area contributed by atoms with E-state index in [1.54, 1.807) is 0 Å². The summed E-state index contributed by atoms with van der Waals surface area (Å²) in [6, 6.07) is 7.84. The van der Waals surface area contributed by atoms with Crippen molar-refractivity contribution in [3.63, 3.8) is 0 Å². The minimum Gasteiger partial charge on any atom is -0.367 e.